The van der Waals surface area contributed by atoms with Crippen molar-refractivity contribution in [1.82, 2.24) is 15.1 Å². The van der Waals surface area contributed by atoms with E-state index in [9.17, 15) is 14.7 Å². The topological polar surface area (TPSA) is 93.5 Å². The van der Waals surface area contributed by atoms with Crippen LogP contribution in [0.25, 0.3) is 5.69 Å². The van der Waals surface area contributed by atoms with E-state index in [1.54, 1.807) is 23.7 Å². The summed E-state index contributed by atoms with van der Waals surface area (Å²) in [5.41, 5.74) is 1.55. The summed E-state index contributed by atoms with van der Waals surface area (Å²) >= 11 is 6.19. The minimum absolute atomic E-state index is 0.246. The van der Waals surface area contributed by atoms with Crippen LogP contribution in [0.4, 0.5) is 0 Å². The first-order valence-electron chi connectivity index (χ1n) is 8.40. The second kappa shape index (κ2) is 7.88. The SMILES string of the molecule is Cc1c(C(=O)NC(C(=O)O)C2CCCOC2)cnn1-c1ccccc1Cl. The monoisotopic (exact) mass is 377 g/mol. The summed E-state index contributed by atoms with van der Waals surface area (Å²) < 4.78 is 6.92. The van der Waals surface area contributed by atoms with Gasteiger partial charge in [0.1, 0.15) is 6.04 Å². The molecular formula is C18H20ClN3O4. The highest BCUT2D eigenvalue weighted by molar-refractivity contribution is 6.32. The molecule has 0 bridgehead atoms. The molecule has 1 fully saturated rings. The van der Waals surface area contributed by atoms with Crippen LogP contribution in [0.5, 0.6) is 0 Å². The molecule has 1 saturated heterocycles. The number of halogens is 1. The molecule has 0 radical (unpaired) electrons. The van der Waals surface area contributed by atoms with Gasteiger partial charge in [-0.3, -0.25) is 4.79 Å². The van der Waals surface area contributed by atoms with Crippen molar-refractivity contribution >= 4 is 23.5 Å². The Hall–Kier alpha value is -2.38. The quantitative estimate of drug-likeness (QED) is 0.834. The zero-order chi connectivity index (χ0) is 18.7. The molecule has 1 aromatic carbocycles. The van der Waals surface area contributed by atoms with E-state index in [0.717, 1.165) is 6.42 Å². The minimum atomic E-state index is -1.06. The number of carbonyl (C=O) groups excluding carboxylic acids is 1. The molecule has 7 nitrogen and oxygen atoms in total. The molecule has 0 saturated carbocycles. The number of ether oxygens (including phenoxy) is 1. The molecule has 1 aliphatic heterocycles. The van der Waals surface area contributed by atoms with E-state index in [0.29, 0.717) is 41.6 Å². The normalized spacial score (nSPS) is 18.3. The summed E-state index contributed by atoms with van der Waals surface area (Å²) in [5, 5.41) is 16.9. The molecular weight excluding hydrogens is 358 g/mol. The lowest BCUT2D eigenvalue weighted by Crippen LogP contribution is -2.48. The molecule has 0 aliphatic carbocycles. The van der Waals surface area contributed by atoms with Gasteiger partial charge in [-0.05, 0) is 31.9 Å². The van der Waals surface area contributed by atoms with Gasteiger partial charge < -0.3 is 15.2 Å². The number of benzene rings is 1. The number of hydrogen-bond acceptors (Lipinski definition) is 4. The molecule has 2 aromatic rings. The first-order valence-corrected chi connectivity index (χ1v) is 8.77. The van der Waals surface area contributed by atoms with Crippen LogP contribution in [0.3, 0.4) is 0 Å². The molecule has 0 spiro atoms. The number of hydrogen-bond donors (Lipinski definition) is 2. The number of rotatable bonds is 5. The minimum Gasteiger partial charge on any atom is -0.480 e. The maximum absolute atomic E-state index is 12.7. The number of carboxylic acids is 1. The van der Waals surface area contributed by atoms with Gasteiger partial charge in [-0.2, -0.15) is 5.10 Å². The average molecular weight is 378 g/mol. The van der Waals surface area contributed by atoms with E-state index in [-0.39, 0.29) is 5.92 Å². The van der Waals surface area contributed by atoms with Gasteiger partial charge in [0.25, 0.3) is 5.91 Å². The molecule has 1 aromatic heterocycles. The Kier molecular flexibility index (Phi) is 5.58. The number of aromatic nitrogens is 2. The smallest absolute Gasteiger partial charge is 0.326 e. The van der Waals surface area contributed by atoms with E-state index in [2.05, 4.69) is 10.4 Å². The third-order valence-electron chi connectivity index (χ3n) is 4.55. The van der Waals surface area contributed by atoms with Gasteiger partial charge in [-0.1, -0.05) is 23.7 Å². The Morgan fingerprint density at radius 2 is 2.19 bits per heavy atom. The van der Waals surface area contributed by atoms with Crippen LogP contribution in [0.1, 0.15) is 28.9 Å². The third kappa shape index (κ3) is 3.73. The lowest BCUT2D eigenvalue weighted by molar-refractivity contribution is -0.142. The fourth-order valence-corrected chi connectivity index (χ4v) is 3.34. The highest BCUT2D eigenvalue weighted by atomic mass is 35.5. The molecule has 2 heterocycles. The maximum atomic E-state index is 12.7. The van der Waals surface area contributed by atoms with Crippen LogP contribution in [0.15, 0.2) is 30.5 Å². The summed E-state index contributed by atoms with van der Waals surface area (Å²) in [7, 11) is 0. The van der Waals surface area contributed by atoms with Crippen molar-refractivity contribution in [3.8, 4) is 5.69 Å². The van der Waals surface area contributed by atoms with Crippen LogP contribution in [0.2, 0.25) is 5.02 Å². The standard InChI is InChI=1S/C18H20ClN3O4/c1-11-13(9-20-22(11)15-7-3-2-6-14(15)19)17(23)21-16(18(24)25)12-5-4-8-26-10-12/h2-3,6-7,9,12,16H,4-5,8,10H2,1H3,(H,21,23)(H,24,25). The van der Waals surface area contributed by atoms with Crippen LogP contribution in [-0.4, -0.2) is 46.0 Å². The fraction of sp³-hybridized carbons (Fsp3) is 0.389. The maximum Gasteiger partial charge on any atom is 0.326 e. The first kappa shape index (κ1) is 18.4. The molecule has 2 N–H and O–H groups in total. The highest BCUT2D eigenvalue weighted by Gasteiger charge is 2.32. The summed E-state index contributed by atoms with van der Waals surface area (Å²) in [6.45, 7) is 2.69. The molecule has 1 aliphatic rings. The Bertz CT molecular complexity index is 815. The van der Waals surface area contributed by atoms with Gasteiger partial charge in [0.2, 0.25) is 0 Å². The largest absolute Gasteiger partial charge is 0.480 e. The van der Waals surface area contributed by atoms with E-state index in [1.165, 1.54) is 6.20 Å². The van der Waals surface area contributed by atoms with Crippen molar-refractivity contribution < 1.29 is 19.4 Å². The number of carbonyl (C=O) groups is 2. The lowest BCUT2D eigenvalue weighted by atomic mass is 9.93. The summed E-state index contributed by atoms with van der Waals surface area (Å²) in [5.74, 6) is -1.78. The Labute approximate surface area is 155 Å². The number of nitrogens with zero attached hydrogens (tertiary/aromatic N) is 2. The summed E-state index contributed by atoms with van der Waals surface area (Å²) in [6.07, 6.45) is 2.91. The van der Waals surface area contributed by atoms with Crippen LogP contribution < -0.4 is 5.32 Å². The van der Waals surface area contributed by atoms with E-state index >= 15 is 0 Å². The third-order valence-corrected chi connectivity index (χ3v) is 4.87. The van der Waals surface area contributed by atoms with Gasteiger partial charge in [0.05, 0.1) is 34.8 Å². The zero-order valence-corrected chi connectivity index (χ0v) is 15.1. The van der Waals surface area contributed by atoms with Gasteiger partial charge in [0, 0.05) is 12.5 Å². The molecule has 3 rings (SSSR count). The van der Waals surface area contributed by atoms with Gasteiger partial charge >= 0.3 is 5.97 Å². The fourth-order valence-electron chi connectivity index (χ4n) is 3.13. The van der Waals surface area contributed by atoms with Crippen molar-refractivity contribution in [2.75, 3.05) is 13.2 Å². The van der Waals surface area contributed by atoms with Crippen molar-refractivity contribution in [3.63, 3.8) is 0 Å². The predicted octanol–water partition coefficient (Wildman–Crippen LogP) is 2.44. The average Bonchev–Trinajstić information content (AvgIpc) is 3.02. The lowest BCUT2D eigenvalue weighted by Gasteiger charge is -2.28. The Balaban J connectivity index is 1.81. The first-order chi connectivity index (χ1) is 12.5. The van der Waals surface area contributed by atoms with Crippen molar-refractivity contribution in [2.45, 2.75) is 25.8 Å². The van der Waals surface area contributed by atoms with E-state index in [4.69, 9.17) is 16.3 Å². The Morgan fingerprint density at radius 3 is 2.85 bits per heavy atom. The van der Waals surface area contributed by atoms with Crippen molar-refractivity contribution in [3.05, 3.63) is 46.7 Å². The predicted molar refractivity (Wildman–Crippen MR) is 95.7 cm³/mol. The number of nitrogens with one attached hydrogen (secondary N) is 1. The molecule has 2 unspecified atom stereocenters. The number of para-hydroxylation sites is 1. The van der Waals surface area contributed by atoms with Crippen molar-refractivity contribution in [2.24, 2.45) is 5.92 Å². The van der Waals surface area contributed by atoms with Crippen LogP contribution >= 0.6 is 11.6 Å². The number of carboxylic acid groups (broad SMARTS) is 1. The van der Waals surface area contributed by atoms with Crippen LogP contribution in [0, 0.1) is 12.8 Å². The number of amides is 1. The highest BCUT2D eigenvalue weighted by Crippen LogP contribution is 2.23. The second-order valence-corrected chi connectivity index (χ2v) is 6.68. The molecule has 1 amide bonds. The van der Waals surface area contributed by atoms with E-state index < -0.39 is 17.9 Å². The molecule has 26 heavy (non-hydrogen) atoms. The number of aliphatic carboxylic acids is 1. The summed E-state index contributed by atoms with van der Waals surface area (Å²) in [6, 6.07) is 6.17. The molecule has 8 heteroatoms. The van der Waals surface area contributed by atoms with E-state index in [1.807, 2.05) is 12.1 Å². The van der Waals surface area contributed by atoms with Gasteiger partial charge in [-0.15, -0.1) is 0 Å². The van der Waals surface area contributed by atoms with Crippen LogP contribution in [-0.2, 0) is 9.53 Å². The van der Waals surface area contributed by atoms with Gasteiger partial charge in [0.15, 0.2) is 0 Å². The van der Waals surface area contributed by atoms with Crippen molar-refractivity contribution in [1.29, 1.82) is 0 Å². The molecule has 138 valence electrons. The second-order valence-electron chi connectivity index (χ2n) is 6.27. The zero-order valence-electron chi connectivity index (χ0n) is 14.3. The summed E-state index contributed by atoms with van der Waals surface area (Å²) in [4.78, 5) is 24.3. The Morgan fingerprint density at radius 1 is 1.42 bits per heavy atom. The molecule has 2 atom stereocenters. The van der Waals surface area contributed by atoms with Gasteiger partial charge in [-0.25, -0.2) is 9.48 Å².